The van der Waals surface area contributed by atoms with Crippen LogP contribution in [0.4, 0.5) is 0 Å². The summed E-state index contributed by atoms with van der Waals surface area (Å²) in [5.41, 5.74) is 4.07. The smallest absolute Gasteiger partial charge is 0.267 e. The SMILES string of the molecule is CCn1cc(C(CC)(CC)c2ccc(C#CC(O)(CC)CC)c(C)c2)cc1C(=O)NCCCN(C)C. The number of rotatable bonds is 12. The summed E-state index contributed by atoms with van der Waals surface area (Å²) in [6, 6.07) is 8.57. The summed E-state index contributed by atoms with van der Waals surface area (Å²) in [7, 11) is 4.09. The van der Waals surface area contributed by atoms with Gasteiger partial charge in [-0.3, -0.25) is 4.79 Å². The van der Waals surface area contributed by atoms with Crippen LogP contribution in [0.1, 0.15) is 99.5 Å². The van der Waals surface area contributed by atoms with E-state index in [-0.39, 0.29) is 11.3 Å². The van der Waals surface area contributed by atoms with Crippen molar-refractivity contribution in [2.24, 2.45) is 0 Å². The van der Waals surface area contributed by atoms with Crippen LogP contribution in [0.3, 0.4) is 0 Å². The van der Waals surface area contributed by atoms with Crippen LogP contribution in [0.5, 0.6) is 0 Å². The number of carbonyl (C=O) groups excluding carboxylic acids is 1. The molecule has 0 bridgehead atoms. The minimum Gasteiger partial charge on any atom is -0.378 e. The number of nitrogens with one attached hydrogen (secondary N) is 1. The summed E-state index contributed by atoms with van der Waals surface area (Å²) in [4.78, 5) is 15.2. The lowest BCUT2D eigenvalue weighted by Gasteiger charge is -2.32. The molecule has 1 aromatic heterocycles. The number of carbonyl (C=O) groups is 1. The van der Waals surface area contributed by atoms with Crippen LogP contribution in [0.25, 0.3) is 0 Å². The lowest BCUT2D eigenvalue weighted by molar-refractivity contribution is 0.0929. The van der Waals surface area contributed by atoms with Gasteiger partial charge in [-0.05, 0) is 95.4 Å². The van der Waals surface area contributed by atoms with Gasteiger partial charge in [-0.15, -0.1) is 0 Å². The first-order valence-electron chi connectivity index (χ1n) is 13.6. The Hall–Kier alpha value is -2.55. The quantitative estimate of drug-likeness (QED) is 0.303. The summed E-state index contributed by atoms with van der Waals surface area (Å²) in [5.74, 6) is 6.29. The van der Waals surface area contributed by atoms with Crippen molar-refractivity contribution < 1.29 is 9.90 Å². The third-order valence-corrected chi connectivity index (χ3v) is 7.68. The van der Waals surface area contributed by atoms with Crippen molar-refractivity contribution in [3.63, 3.8) is 0 Å². The van der Waals surface area contributed by atoms with E-state index in [1.165, 1.54) is 11.1 Å². The number of benzene rings is 1. The minimum absolute atomic E-state index is 0.0101. The Morgan fingerprint density at radius 3 is 2.22 bits per heavy atom. The van der Waals surface area contributed by atoms with E-state index >= 15 is 0 Å². The van der Waals surface area contributed by atoms with Gasteiger partial charge in [0.2, 0.25) is 0 Å². The third kappa shape index (κ3) is 6.81. The lowest BCUT2D eigenvalue weighted by atomic mass is 9.71. The highest BCUT2D eigenvalue weighted by Gasteiger charge is 2.33. The van der Waals surface area contributed by atoms with Crippen molar-refractivity contribution in [3.05, 3.63) is 58.4 Å². The minimum atomic E-state index is -0.936. The molecule has 5 nitrogen and oxygen atoms in total. The highest BCUT2D eigenvalue weighted by molar-refractivity contribution is 5.93. The van der Waals surface area contributed by atoms with Crippen molar-refractivity contribution in [2.75, 3.05) is 27.2 Å². The zero-order valence-corrected chi connectivity index (χ0v) is 23.8. The normalized spacial score (nSPS) is 11.9. The molecule has 2 aromatic rings. The van der Waals surface area contributed by atoms with Crippen LogP contribution in [-0.4, -0.2) is 53.3 Å². The fourth-order valence-electron chi connectivity index (χ4n) is 4.86. The van der Waals surface area contributed by atoms with Gasteiger partial charge in [-0.1, -0.05) is 51.7 Å². The van der Waals surface area contributed by atoms with E-state index in [2.05, 4.69) is 84.8 Å². The molecule has 0 aliphatic heterocycles. The summed E-state index contributed by atoms with van der Waals surface area (Å²) in [6.45, 7) is 14.9. The molecule has 36 heavy (non-hydrogen) atoms. The topological polar surface area (TPSA) is 57.5 Å². The van der Waals surface area contributed by atoms with Crippen LogP contribution in [0.15, 0.2) is 30.5 Å². The van der Waals surface area contributed by atoms with Gasteiger partial charge in [0.05, 0.1) is 0 Å². The zero-order valence-electron chi connectivity index (χ0n) is 23.8. The number of aryl methyl sites for hydroxylation is 2. The molecule has 0 unspecified atom stereocenters. The monoisotopic (exact) mass is 493 g/mol. The molecule has 0 atom stereocenters. The number of aliphatic hydroxyl groups is 1. The van der Waals surface area contributed by atoms with Crippen LogP contribution < -0.4 is 5.32 Å². The molecule has 1 amide bonds. The van der Waals surface area contributed by atoms with Crippen LogP contribution in [0.2, 0.25) is 0 Å². The summed E-state index contributed by atoms with van der Waals surface area (Å²) >= 11 is 0. The summed E-state index contributed by atoms with van der Waals surface area (Å²) in [6.07, 6.45) is 6.17. The van der Waals surface area contributed by atoms with Gasteiger partial charge in [-0.2, -0.15) is 0 Å². The second kappa shape index (κ2) is 13.1. The standard InChI is InChI=1S/C31H47N3O2/c1-9-30(36,10-2)18-17-25-15-16-26(21-24(25)6)31(11-3,12-4)27-22-28(34(13-5)23-27)29(35)32-19-14-20-33(7)8/h15-16,21-23,36H,9-14,19-20H2,1-8H3,(H,32,35). The lowest BCUT2D eigenvalue weighted by Crippen LogP contribution is -2.28. The Labute approximate surface area is 219 Å². The molecule has 1 aromatic carbocycles. The largest absolute Gasteiger partial charge is 0.378 e. The van der Waals surface area contributed by atoms with E-state index in [1.54, 1.807) is 0 Å². The highest BCUT2D eigenvalue weighted by Crippen LogP contribution is 2.40. The predicted molar refractivity (Wildman–Crippen MR) is 151 cm³/mol. The van der Waals surface area contributed by atoms with E-state index in [1.807, 2.05) is 27.9 Å². The molecule has 0 saturated carbocycles. The van der Waals surface area contributed by atoms with E-state index in [0.717, 1.165) is 49.2 Å². The average Bonchev–Trinajstić information content (AvgIpc) is 3.32. The highest BCUT2D eigenvalue weighted by atomic mass is 16.3. The molecule has 0 saturated heterocycles. The Bertz CT molecular complexity index is 1060. The Morgan fingerprint density at radius 1 is 1.03 bits per heavy atom. The molecular weight excluding hydrogens is 446 g/mol. The number of nitrogens with zero attached hydrogens (tertiary/aromatic N) is 2. The second-order valence-corrected chi connectivity index (χ2v) is 10.1. The van der Waals surface area contributed by atoms with Gasteiger partial charge in [0, 0.05) is 30.3 Å². The van der Waals surface area contributed by atoms with Gasteiger partial charge >= 0.3 is 0 Å². The van der Waals surface area contributed by atoms with Gasteiger partial charge in [0.25, 0.3) is 5.91 Å². The molecule has 2 rings (SSSR count). The van der Waals surface area contributed by atoms with Crippen molar-refractivity contribution in [3.8, 4) is 11.8 Å². The fraction of sp³-hybridized carbons (Fsp3) is 0.581. The van der Waals surface area contributed by atoms with Crippen molar-refractivity contribution in [1.29, 1.82) is 0 Å². The molecule has 0 aliphatic rings. The van der Waals surface area contributed by atoms with Crippen LogP contribution in [-0.2, 0) is 12.0 Å². The maximum Gasteiger partial charge on any atom is 0.267 e. The summed E-state index contributed by atoms with van der Waals surface area (Å²) in [5, 5.41) is 13.7. The van der Waals surface area contributed by atoms with Gasteiger partial charge in [0.15, 0.2) is 0 Å². The van der Waals surface area contributed by atoms with E-state index in [0.29, 0.717) is 19.4 Å². The molecule has 0 spiro atoms. The molecular formula is C31H47N3O2. The Morgan fingerprint density at radius 2 is 1.69 bits per heavy atom. The molecule has 5 heteroatoms. The first kappa shape index (κ1) is 29.7. The summed E-state index contributed by atoms with van der Waals surface area (Å²) < 4.78 is 2.07. The number of hydrogen-bond donors (Lipinski definition) is 2. The zero-order chi connectivity index (χ0) is 26.9. The maximum atomic E-state index is 13.0. The van der Waals surface area contributed by atoms with Gasteiger partial charge in [0.1, 0.15) is 11.3 Å². The average molecular weight is 494 g/mol. The van der Waals surface area contributed by atoms with E-state index < -0.39 is 5.60 Å². The number of aromatic nitrogens is 1. The number of amides is 1. The van der Waals surface area contributed by atoms with Crippen molar-refractivity contribution in [2.45, 2.75) is 91.2 Å². The van der Waals surface area contributed by atoms with Crippen LogP contribution in [0, 0.1) is 18.8 Å². The molecule has 0 fully saturated rings. The molecule has 0 aliphatic carbocycles. The van der Waals surface area contributed by atoms with Gasteiger partial charge in [-0.25, -0.2) is 0 Å². The predicted octanol–water partition coefficient (Wildman–Crippen LogP) is 5.51. The van der Waals surface area contributed by atoms with E-state index in [9.17, 15) is 9.90 Å². The first-order chi connectivity index (χ1) is 17.1. The Balaban J connectivity index is 2.41. The molecule has 1 heterocycles. The van der Waals surface area contributed by atoms with Gasteiger partial charge < -0.3 is 19.9 Å². The van der Waals surface area contributed by atoms with Crippen molar-refractivity contribution in [1.82, 2.24) is 14.8 Å². The first-order valence-corrected chi connectivity index (χ1v) is 13.6. The van der Waals surface area contributed by atoms with E-state index in [4.69, 9.17) is 0 Å². The molecule has 0 radical (unpaired) electrons. The second-order valence-electron chi connectivity index (χ2n) is 10.1. The third-order valence-electron chi connectivity index (χ3n) is 7.68. The fourth-order valence-corrected chi connectivity index (χ4v) is 4.86. The molecule has 2 N–H and O–H groups in total. The maximum absolute atomic E-state index is 13.0. The number of hydrogen-bond acceptors (Lipinski definition) is 3. The Kier molecular flexibility index (Phi) is 10.8. The van der Waals surface area contributed by atoms with Crippen molar-refractivity contribution >= 4 is 5.91 Å². The molecule has 198 valence electrons. The van der Waals surface area contributed by atoms with Crippen LogP contribution >= 0.6 is 0 Å².